The third kappa shape index (κ3) is 5.89. The maximum Gasteiger partial charge on any atom is 0.407 e. The zero-order chi connectivity index (χ0) is 16.0. The zero-order valence-electron chi connectivity index (χ0n) is 13.3. The van der Waals surface area contributed by atoms with Crippen molar-refractivity contribution in [3.05, 3.63) is 24.2 Å². The van der Waals surface area contributed by atoms with Gasteiger partial charge in [0.1, 0.15) is 11.4 Å². The fourth-order valence-corrected chi connectivity index (χ4v) is 1.70. The van der Waals surface area contributed by atoms with Crippen molar-refractivity contribution < 1.29 is 18.7 Å². The first-order valence-corrected chi connectivity index (χ1v) is 6.96. The Hall–Kier alpha value is -1.98. The summed E-state index contributed by atoms with van der Waals surface area (Å²) in [5.41, 5.74) is -0.543. The standard InChI is InChI=1S/C15H24N2O4/c1-11(12-7-6-10-20-12)17(5)13(18)8-9-16-14(19)21-15(2,3)4/h6-7,10-11H,8-9H2,1-5H3,(H,16,19). The summed E-state index contributed by atoms with van der Waals surface area (Å²) < 4.78 is 10.4. The molecule has 1 atom stereocenters. The van der Waals surface area contributed by atoms with Crippen molar-refractivity contribution in [2.75, 3.05) is 13.6 Å². The van der Waals surface area contributed by atoms with Gasteiger partial charge < -0.3 is 19.4 Å². The molecule has 0 aliphatic heterocycles. The van der Waals surface area contributed by atoms with E-state index in [0.29, 0.717) is 0 Å². The van der Waals surface area contributed by atoms with E-state index >= 15 is 0 Å². The molecule has 0 aromatic carbocycles. The van der Waals surface area contributed by atoms with Gasteiger partial charge in [0.2, 0.25) is 5.91 Å². The quantitative estimate of drug-likeness (QED) is 0.906. The molecule has 1 heterocycles. The molecule has 0 radical (unpaired) electrons. The van der Waals surface area contributed by atoms with Crippen LogP contribution in [0.3, 0.4) is 0 Å². The molecule has 1 aromatic heterocycles. The zero-order valence-corrected chi connectivity index (χ0v) is 13.3. The van der Waals surface area contributed by atoms with Crippen LogP contribution in [-0.4, -0.2) is 36.1 Å². The van der Waals surface area contributed by atoms with Gasteiger partial charge in [-0.15, -0.1) is 0 Å². The normalized spacial score (nSPS) is 12.6. The van der Waals surface area contributed by atoms with Crippen molar-refractivity contribution >= 4 is 12.0 Å². The number of nitrogens with one attached hydrogen (secondary N) is 1. The third-order valence-electron chi connectivity index (χ3n) is 2.94. The lowest BCUT2D eigenvalue weighted by molar-refractivity contribution is -0.132. The van der Waals surface area contributed by atoms with E-state index in [0.717, 1.165) is 5.76 Å². The van der Waals surface area contributed by atoms with Gasteiger partial charge in [0.05, 0.1) is 12.3 Å². The van der Waals surface area contributed by atoms with E-state index in [1.807, 2.05) is 13.0 Å². The molecule has 1 N–H and O–H groups in total. The van der Waals surface area contributed by atoms with Crippen LogP contribution in [0, 0.1) is 0 Å². The van der Waals surface area contributed by atoms with Crippen LogP contribution in [-0.2, 0) is 9.53 Å². The minimum Gasteiger partial charge on any atom is -0.467 e. The average molecular weight is 296 g/mol. The van der Waals surface area contributed by atoms with Crippen LogP contribution in [0.2, 0.25) is 0 Å². The molecule has 1 aromatic rings. The van der Waals surface area contributed by atoms with Gasteiger partial charge in [-0.05, 0) is 39.8 Å². The highest BCUT2D eigenvalue weighted by Gasteiger charge is 2.20. The molecule has 0 aliphatic rings. The summed E-state index contributed by atoms with van der Waals surface area (Å²) in [5.74, 6) is 0.654. The first-order chi connectivity index (χ1) is 9.70. The lowest BCUT2D eigenvalue weighted by Gasteiger charge is -2.23. The highest BCUT2D eigenvalue weighted by molar-refractivity contribution is 5.77. The van der Waals surface area contributed by atoms with E-state index in [-0.39, 0.29) is 24.9 Å². The van der Waals surface area contributed by atoms with E-state index < -0.39 is 11.7 Å². The molecule has 6 heteroatoms. The molecule has 0 saturated carbocycles. The molecule has 21 heavy (non-hydrogen) atoms. The smallest absolute Gasteiger partial charge is 0.407 e. The number of ether oxygens (including phenoxy) is 1. The summed E-state index contributed by atoms with van der Waals surface area (Å²) >= 11 is 0. The monoisotopic (exact) mass is 296 g/mol. The van der Waals surface area contributed by atoms with Crippen LogP contribution in [0.4, 0.5) is 4.79 Å². The minimum absolute atomic E-state index is 0.0741. The summed E-state index contributed by atoms with van der Waals surface area (Å²) in [6.45, 7) is 7.49. The molecule has 118 valence electrons. The predicted octanol–water partition coefficient (Wildman–Crippen LogP) is 2.71. The van der Waals surface area contributed by atoms with Crippen molar-refractivity contribution in [1.29, 1.82) is 0 Å². The minimum atomic E-state index is -0.543. The molecule has 2 amide bonds. The molecular formula is C15H24N2O4. The maximum absolute atomic E-state index is 12.0. The van der Waals surface area contributed by atoms with Gasteiger partial charge in [0.25, 0.3) is 0 Å². The first kappa shape index (κ1) is 17.1. The number of furan rings is 1. The van der Waals surface area contributed by atoms with Gasteiger partial charge in [-0.3, -0.25) is 4.79 Å². The fraction of sp³-hybridized carbons (Fsp3) is 0.600. The second-order valence-corrected chi connectivity index (χ2v) is 5.87. The van der Waals surface area contributed by atoms with Crippen molar-refractivity contribution in [3.63, 3.8) is 0 Å². The Bertz CT molecular complexity index is 463. The largest absolute Gasteiger partial charge is 0.467 e. The lowest BCUT2D eigenvalue weighted by atomic mass is 10.2. The second-order valence-electron chi connectivity index (χ2n) is 5.87. The lowest BCUT2D eigenvalue weighted by Crippen LogP contribution is -2.36. The summed E-state index contributed by atoms with van der Waals surface area (Å²) in [5, 5.41) is 2.57. The van der Waals surface area contributed by atoms with Gasteiger partial charge in [-0.25, -0.2) is 4.79 Å². The highest BCUT2D eigenvalue weighted by Crippen LogP contribution is 2.19. The van der Waals surface area contributed by atoms with Gasteiger partial charge in [-0.2, -0.15) is 0 Å². The molecule has 6 nitrogen and oxygen atoms in total. The molecule has 0 spiro atoms. The van der Waals surface area contributed by atoms with Crippen molar-refractivity contribution in [2.24, 2.45) is 0 Å². The van der Waals surface area contributed by atoms with Gasteiger partial charge in [0, 0.05) is 20.0 Å². The van der Waals surface area contributed by atoms with E-state index in [2.05, 4.69) is 5.32 Å². The number of carbonyl (C=O) groups excluding carboxylic acids is 2. The first-order valence-electron chi connectivity index (χ1n) is 6.96. The van der Waals surface area contributed by atoms with Crippen LogP contribution in [0.25, 0.3) is 0 Å². The molecule has 0 fully saturated rings. The Morgan fingerprint density at radius 3 is 2.62 bits per heavy atom. The highest BCUT2D eigenvalue weighted by atomic mass is 16.6. The SMILES string of the molecule is CC(c1ccco1)N(C)C(=O)CCNC(=O)OC(C)(C)C. The van der Waals surface area contributed by atoms with Crippen molar-refractivity contribution in [3.8, 4) is 0 Å². The Morgan fingerprint density at radius 2 is 2.10 bits per heavy atom. The Labute approximate surface area is 125 Å². The topological polar surface area (TPSA) is 71.8 Å². The predicted molar refractivity (Wildman–Crippen MR) is 78.7 cm³/mol. The number of alkyl carbamates (subject to hydrolysis) is 1. The summed E-state index contributed by atoms with van der Waals surface area (Å²) in [6, 6.07) is 3.47. The number of rotatable bonds is 5. The Morgan fingerprint density at radius 1 is 1.43 bits per heavy atom. The maximum atomic E-state index is 12.0. The molecular weight excluding hydrogens is 272 g/mol. The van der Waals surface area contributed by atoms with Crippen molar-refractivity contribution in [2.45, 2.75) is 45.8 Å². The molecule has 0 bridgehead atoms. The van der Waals surface area contributed by atoms with Crippen LogP contribution in [0.15, 0.2) is 22.8 Å². The van der Waals surface area contributed by atoms with E-state index in [1.54, 1.807) is 45.0 Å². The number of hydrogen-bond donors (Lipinski definition) is 1. The third-order valence-corrected chi connectivity index (χ3v) is 2.94. The van der Waals surface area contributed by atoms with Crippen LogP contribution in [0.1, 0.15) is 45.9 Å². The summed E-state index contributed by atoms with van der Waals surface area (Å²) in [6.07, 6.45) is 1.27. The number of amides is 2. The number of hydrogen-bond acceptors (Lipinski definition) is 4. The molecule has 1 rings (SSSR count). The van der Waals surface area contributed by atoms with E-state index in [1.165, 1.54) is 0 Å². The van der Waals surface area contributed by atoms with E-state index in [9.17, 15) is 9.59 Å². The summed E-state index contributed by atoms with van der Waals surface area (Å²) in [7, 11) is 1.71. The number of carbonyl (C=O) groups is 2. The molecule has 0 saturated heterocycles. The second kappa shape index (κ2) is 7.15. The van der Waals surface area contributed by atoms with E-state index in [4.69, 9.17) is 9.15 Å². The Kier molecular flexibility index (Phi) is 5.81. The molecule has 0 aliphatic carbocycles. The molecule has 1 unspecified atom stereocenters. The van der Waals surface area contributed by atoms with Crippen LogP contribution in [0.5, 0.6) is 0 Å². The van der Waals surface area contributed by atoms with Crippen LogP contribution < -0.4 is 5.32 Å². The Balaban J connectivity index is 2.35. The van der Waals surface area contributed by atoms with Gasteiger partial charge >= 0.3 is 6.09 Å². The van der Waals surface area contributed by atoms with Gasteiger partial charge in [-0.1, -0.05) is 0 Å². The average Bonchev–Trinajstić information content (AvgIpc) is 2.88. The van der Waals surface area contributed by atoms with Crippen molar-refractivity contribution in [1.82, 2.24) is 10.2 Å². The van der Waals surface area contributed by atoms with Gasteiger partial charge in [0.15, 0.2) is 0 Å². The number of nitrogens with zero attached hydrogens (tertiary/aromatic N) is 1. The summed E-state index contributed by atoms with van der Waals surface area (Å²) in [4.78, 5) is 25.1. The fourth-order valence-electron chi connectivity index (χ4n) is 1.70. The van der Waals surface area contributed by atoms with Crippen LogP contribution >= 0.6 is 0 Å².